The molecule has 1 heterocycles. The van der Waals surface area contributed by atoms with E-state index in [0.717, 1.165) is 5.92 Å². The SMILES string of the molecule is Cc1cc(C(Br)C2CCCC2)sc1Br. The van der Waals surface area contributed by atoms with Gasteiger partial charge in [-0.25, -0.2) is 0 Å². The monoisotopic (exact) mass is 336 g/mol. The molecule has 78 valence electrons. The number of aryl methyl sites for hydroxylation is 1. The van der Waals surface area contributed by atoms with Crippen molar-refractivity contribution in [2.75, 3.05) is 0 Å². The molecule has 1 aliphatic rings. The molecule has 0 bridgehead atoms. The van der Waals surface area contributed by atoms with Crippen molar-refractivity contribution in [3.63, 3.8) is 0 Å². The maximum atomic E-state index is 3.85. The molecule has 1 saturated carbocycles. The van der Waals surface area contributed by atoms with Gasteiger partial charge in [0.05, 0.1) is 8.61 Å². The van der Waals surface area contributed by atoms with E-state index in [1.54, 1.807) is 0 Å². The summed E-state index contributed by atoms with van der Waals surface area (Å²) < 4.78 is 1.29. The average molecular weight is 338 g/mol. The molecular formula is C11H14Br2S. The van der Waals surface area contributed by atoms with Gasteiger partial charge in [0, 0.05) is 4.88 Å². The summed E-state index contributed by atoms with van der Waals surface area (Å²) in [5, 5.41) is 0. The molecule has 0 saturated heterocycles. The quantitative estimate of drug-likeness (QED) is 0.630. The van der Waals surface area contributed by atoms with Crippen molar-refractivity contribution in [3.8, 4) is 0 Å². The molecule has 1 fully saturated rings. The fraction of sp³-hybridized carbons (Fsp3) is 0.636. The first kappa shape index (κ1) is 11.2. The zero-order valence-electron chi connectivity index (χ0n) is 8.22. The maximum Gasteiger partial charge on any atom is 0.0730 e. The van der Waals surface area contributed by atoms with Gasteiger partial charge in [-0.1, -0.05) is 28.8 Å². The highest BCUT2D eigenvalue weighted by molar-refractivity contribution is 9.11. The number of hydrogen-bond acceptors (Lipinski definition) is 1. The van der Waals surface area contributed by atoms with Gasteiger partial charge in [-0.2, -0.15) is 0 Å². The van der Waals surface area contributed by atoms with Crippen LogP contribution in [-0.4, -0.2) is 0 Å². The van der Waals surface area contributed by atoms with Crippen LogP contribution >= 0.6 is 43.2 Å². The predicted molar refractivity (Wildman–Crippen MR) is 70.4 cm³/mol. The Kier molecular flexibility index (Phi) is 3.72. The molecule has 3 heteroatoms. The van der Waals surface area contributed by atoms with Gasteiger partial charge < -0.3 is 0 Å². The second kappa shape index (κ2) is 4.67. The zero-order valence-corrected chi connectivity index (χ0v) is 12.2. The minimum absolute atomic E-state index is 0.583. The molecule has 1 atom stereocenters. The molecule has 0 spiro atoms. The molecule has 0 radical (unpaired) electrons. The maximum absolute atomic E-state index is 3.85. The summed E-state index contributed by atoms with van der Waals surface area (Å²) in [7, 11) is 0. The molecule has 0 amide bonds. The predicted octanol–water partition coefficient (Wildman–Crippen LogP) is 5.45. The highest BCUT2D eigenvalue weighted by atomic mass is 79.9. The fourth-order valence-corrected chi connectivity index (χ4v) is 4.69. The zero-order chi connectivity index (χ0) is 10.1. The van der Waals surface area contributed by atoms with E-state index in [9.17, 15) is 0 Å². The lowest BCUT2D eigenvalue weighted by Crippen LogP contribution is -2.00. The molecule has 0 aliphatic heterocycles. The van der Waals surface area contributed by atoms with Crippen LogP contribution in [0.3, 0.4) is 0 Å². The number of alkyl halides is 1. The lowest BCUT2D eigenvalue weighted by atomic mass is 10.0. The molecule has 14 heavy (non-hydrogen) atoms. The first-order valence-electron chi connectivity index (χ1n) is 5.08. The van der Waals surface area contributed by atoms with Gasteiger partial charge in [0.1, 0.15) is 0 Å². The molecule has 1 aromatic heterocycles. The largest absolute Gasteiger partial charge is 0.132 e. The summed E-state index contributed by atoms with van der Waals surface area (Å²) in [6.07, 6.45) is 5.62. The van der Waals surface area contributed by atoms with Gasteiger partial charge in [-0.05, 0) is 53.2 Å². The second-order valence-corrected chi connectivity index (χ2v) is 7.44. The average Bonchev–Trinajstić information content (AvgIpc) is 2.76. The van der Waals surface area contributed by atoms with Crippen LogP contribution in [0.15, 0.2) is 9.85 Å². The second-order valence-electron chi connectivity index (χ2n) is 4.05. The van der Waals surface area contributed by atoms with Crippen molar-refractivity contribution in [3.05, 3.63) is 20.3 Å². The van der Waals surface area contributed by atoms with E-state index in [2.05, 4.69) is 44.8 Å². The van der Waals surface area contributed by atoms with E-state index in [0.29, 0.717) is 4.83 Å². The third kappa shape index (κ3) is 2.25. The molecule has 2 rings (SSSR count). The van der Waals surface area contributed by atoms with Crippen LogP contribution in [0.4, 0.5) is 0 Å². The molecule has 1 aromatic rings. The van der Waals surface area contributed by atoms with Gasteiger partial charge in [0.2, 0.25) is 0 Å². The van der Waals surface area contributed by atoms with E-state index < -0.39 is 0 Å². The number of halogens is 2. The summed E-state index contributed by atoms with van der Waals surface area (Å²) in [4.78, 5) is 2.07. The van der Waals surface area contributed by atoms with Gasteiger partial charge in [-0.3, -0.25) is 0 Å². The van der Waals surface area contributed by atoms with E-state index in [1.807, 2.05) is 11.3 Å². The third-order valence-electron chi connectivity index (χ3n) is 2.96. The Labute approximate surface area is 106 Å². The molecule has 1 aliphatic carbocycles. The standard InChI is InChI=1S/C11H14Br2S/c1-7-6-9(14-11(7)13)10(12)8-4-2-3-5-8/h6,8,10H,2-5H2,1H3. The van der Waals surface area contributed by atoms with E-state index >= 15 is 0 Å². The summed E-state index contributed by atoms with van der Waals surface area (Å²) >= 11 is 9.32. The van der Waals surface area contributed by atoms with Crippen LogP contribution < -0.4 is 0 Å². The first-order valence-corrected chi connectivity index (χ1v) is 7.61. The Balaban J connectivity index is 2.13. The summed E-state index contributed by atoms with van der Waals surface area (Å²) in [6, 6.07) is 2.31. The Bertz CT molecular complexity index is 294. The summed E-state index contributed by atoms with van der Waals surface area (Å²) in [6.45, 7) is 2.17. The van der Waals surface area contributed by atoms with Crippen LogP contribution in [0.1, 0.15) is 41.0 Å². The molecule has 0 aromatic carbocycles. The Morgan fingerprint density at radius 3 is 2.57 bits per heavy atom. The number of thiophene rings is 1. The summed E-state index contributed by atoms with van der Waals surface area (Å²) in [5.41, 5.74) is 1.37. The summed E-state index contributed by atoms with van der Waals surface area (Å²) in [5.74, 6) is 0.861. The molecular weight excluding hydrogens is 324 g/mol. The molecule has 0 N–H and O–H groups in total. The highest BCUT2D eigenvalue weighted by Crippen LogP contribution is 2.45. The Morgan fingerprint density at radius 2 is 2.07 bits per heavy atom. The van der Waals surface area contributed by atoms with Gasteiger partial charge in [-0.15, -0.1) is 11.3 Å². The number of rotatable bonds is 2. The fourth-order valence-electron chi connectivity index (χ4n) is 2.10. The molecule has 0 nitrogen and oxygen atoms in total. The van der Waals surface area contributed by atoms with Crippen molar-refractivity contribution in [1.29, 1.82) is 0 Å². The van der Waals surface area contributed by atoms with E-state index in [-0.39, 0.29) is 0 Å². The van der Waals surface area contributed by atoms with E-state index in [1.165, 1.54) is 39.9 Å². The van der Waals surface area contributed by atoms with Crippen LogP contribution in [0.25, 0.3) is 0 Å². The topological polar surface area (TPSA) is 0 Å². The van der Waals surface area contributed by atoms with Gasteiger partial charge >= 0.3 is 0 Å². The van der Waals surface area contributed by atoms with Crippen LogP contribution in [0, 0.1) is 12.8 Å². The number of hydrogen-bond donors (Lipinski definition) is 0. The first-order chi connectivity index (χ1) is 6.68. The lowest BCUT2D eigenvalue weighted by Gasteiger charge is -2.14. The Hall–Kier alpha value is 0.660. The van der Waals surface area contributed by atoms with Crippen molar-refractivity contribution < 1.29 is 0 Å². The van der Waals surface area contributed by atoms with Crippen molar-refractivity contribution in [2.45, 2.75) is 37.4 Å². The molecule has 1 unspecified atom stereocenters. The van der Waals surface area contributed by atoms with E-state index in [4.69, 9.17) is 0 Å². The van der Waals surface area contributed by atoms with Crippen molar-refractivity contribution in [1.82, 2.24) is 0 Å². The highest BCUT2D eigenvalue weighted by Gasteiger charge is 2.25. The minimum atomic E-state index is 0.583. The normalized spacial score (nSPS) is 20.2. The lowest BCUT2D eigenvalue weighted by molar-refractivity contribution is 0.546. The van der Waals surface area contributed by atoms with Crippen LogP contribution in [0.5, 0.6) is 0 Å². The minimum Gasteiger partial charge on any atom is -0.132 e. The van der Waals surface area contributed by atoms with Crippen LogP contribution in [-0.2, 0) is 0 Å². The van der Waals surface area contributed by atoms with Crippen molar-refractivity contribution in [2.24, 2.45) is 5.92 Å². The van der Waals surface area contributed by atoms with Crippen LogP contribution in [0.2, 0.25) is 0 Å². The smallest absolute Gasteiger partial charge is 0.0730 e. The third-order valence-corrected chi connectivity index (χ3v) is 6.73. The Morgan fingerprint density at radius 1 is 1.43 bits per heavy atom. The van der Waals surface area contributed by atoms with Crippen molar-refractivity contribution >= 4 is 43.2 Å². The van der Waals surface area contributed by atoms with Gasteiger partial charge in [0.25, 0.3) is 0 Å². The van der Waals surface area contributed by atoms with Gasteiger partial charge in [0.15, 0.2) is 0 Å².